The summed E-state index contributed by atoms with van der Waals surface area (Å²) in [6, 6.07) is 17.3. The molecule has 27 heavy (non-hydrogen) atoms. The van der Waals surface area contributed by atoms with Crippen LogP contribution in [0.4, 0.5) is 10.8 Å². The van der Waals surface area contributed by atoms with Gasteiger partial charge in [0.1, 0.15) is 0 Å². The number of thiazole rings is 1. The van der Waals surface area contributed by atoms with Gasteiger partial charge in [-0.3, -0.25) is 0 Å². The highest BCUT2D eigenvalue weighted by molar-refractivity contribution is 7.22. The Bertz CT molecular complexity index is 972. The molecule has 0 fully saturated rings. The Balaban J connectivity index is 1.58. The van der Waals surface area contributed by atoms with Crippen LogP contribution in [-0.4, -0.2) is 39.6 Å². The molecule has 4 rings (SSSR count). The van der Waals surface area contributed by atoms with Gasteiger partial charge in [-0.05, 0) is 50.8 Å². The average molecular weight is 378 g/mol. The minimum atomic E-state index is 0.207. The van der Waals surface area contributed by atoms with Crippen LogP contribution >= 0.6 is 11.3 Å². The van der Waals surface area contributed by atoms with Crippen molar-refractivity contribution in [2.75, 3.05) is 19.4 Å². The molecular formula is C21H23N5S. The molecule has 0 aliphatic carbocycles. The van der Waals surface area contributed by atoms with Crippen LogP contribution in [0.15, 0.2) is 67.3 Å². The molecule has 0 saturated carbocycles. The van der Waals surface area contributed by atoms with Crippen LogP contribution in [0.5, 0.6) is 0 Å². The Kier molecular flexibility index (Phi) is 4.92. The molecule has 0 aliphatic heterocycles. The summed E-state index contributed by atoms with van der Waals surface area (Å²) in [6.07, 6.45) is 5.74. The molecule has 1 N–H and O–H groups in total. The summed E-state index contributed by atoms with van der Waals surface area (Å²) < 4.78 is 3.36. The van der Waals surface area contributed by atoms with Gasteiger partial charge >= 0.3 is 0 Å². The molecule has 0 spiro atoms. The van der Waals surface area contributed by atoms with Crippen molar-refractivity contribution in [3.63, 3.8) is 0 Å². The Morgan fingerprint density at radius 1 is 1.07 bits per heavy atom. The number of fused-ring (bicyclic) bond motifs is 1. The number of hydrogen-bond acceptors (Lipinski definition) is 5. The Morgan fingerprint density at radius 2 is 1.85 bits per heavy atom. The van der Waals surface area contributed by atoms with Gasteiger partial charge in [0.15, 0.2) is 5.13 Å². The number of likely N-dealkylation sites (N-methyl/N-ethyl adjacent to an activating group) is 1. The molecule has 0 saturated heterocycles. The van der Waals surface area contributed by atoms with Crippen molar-refractivity contribution in [2.24, 2.45) is 0 Å². The zero-order valence-corrected chi connectivity index (χ0v) is 16.5. The second-order valence-electron chi connectivity index (χ2n) is 6.89. The third-order valence-electron chi connectivity index (χ3n) is 4.91. The first-order chi connectivity index (χ1) is 13.1. The van der Waals surface area contributed by atoms with Crippen molar-refractivity contribution in [1.29, 1.82) is 0 Å². The molecule has 2 aromatic heterocycles. The van der Waals surface area contributed by atoms with Gasteiger partial charge in [0.25, 0.3) is 0 Å². The minimum Gasteiger partial charge on any atom is -0.332 e. The molecule has 138 valence electrons. The van der Waals surface area contributed by atoms with Gasteiger partial charge < -0.3 is 14.8 Å². The van der Waals surface area contributed by atoms with Gasteiger partial charge in [-0.1, -0.05) is 35.6 Å². The number of anilines is 2. The lowest BCUT2D eigenvalue weighted by molar-refractivity contribution is 0.252. The third kappa shape index (κ3) is 3.72. The van der Waals surface area contributed by atoms with Crippen molar-refractivity contribution in [3.8, 4) is 0 Å². The van der Waals surface area contributed by atoms with E-state index in [-0.39, 0.29) is 6.04 Å². The maximum absolute atomic E-state index is 4.65. The molecule has 0 amide bonds. The zero-order valence-electron chi connectivity index (χ0n) is 15.7. The highest BCUT2D eigenvalue weighted by Crippen LogP contribution is 2.30. The van der Waals surface area contributed by atoms with E-state index in [4.69, 9.17) is 0 Å². The second kappa shape index (κ2) is 7.50. The summed E-state index contributed by atoms with van der Waals surface area (Å²) >= 11 is 1.67. The van der Waals surface area contributed by atoms with Gasteiger partial charge in [0.05, 0.1) is 22.6 Å². The van der Waals surface area contributed by atoms with E-state index in [1.807, 2.05) is 36.9 Å². The van der Waals surface area contributed by atoms with E-state index >= 15 is 0 Å². The maximum atomic E-state index is 4.65. The summed E-state index contributed by atoms with van der Waals surface area (Å²) in [5.74, 6) is 0. The van der Waals surface area contributed by atoms with Crippen molar-refractivity contribution in [3.05, 3.63) is 72.8 Å². The number of imidazole rings is 1. The molecule has 4 aromatic rings. The minimum absolute atomic E-state index is 0.207. The number of nitrogens with one attached hydrogen (secondary N) is 1. The van der Waals surface area contributed by atoms with Gasteiger partial charge in [0.2, 0.25) is 0 Å². The van der Waals surface area contributed by atoms with E-state index in [9.17, 15) is 0 Å². The average Bonchev–Trinajstić information content (AvgIpc) is 3.32. The maximum Gasteiger partial charge on any atom is 0.188 e. The molecule has 2 heterocycles. The van der Waals surface area contributed by atoms with Gasteiger partial charge in [-0.2, -0.15) is 0 Å². The van der Waals surface area contributed by atoms with Crippen LogP contribution in [0.1, 0.15) is 18.5 Å². The van der Waals surface area contributed by atoms with Crippen LogP contribution < -0.4 is 5.32 Å². The van der Waals surface area contributed by atoms with Crippen LogP contribution in [-0.2, 0) is 0 Å². The largest absolute Gasteiger partial charge is 0.332 e. The summed E-state index contributed by atoms with van der Waals surface area (Å²) in [4.78, 5) is 11.1. The van der Waals surface area contributed by atoms with E-state index in [1.54, 1.807) is 11.3 Å². The summed E-state index contributed by atoms with van der Waals surface area (Å²) in [5, 5.41) is 4.34. The second-order valence-corrected chi connectivity index (χ2v) is 7.92. The lowest BCUT2D eigenvalue weighted by Crippen LogP contribution is -2.34. The highest BCUT2D eigenvalue weighted by atomic mass is 32.1. The smallest absolute Gasteiger partial charge is 0.188 e. The Labute approximate surface area is 163 Å². The fraction of sp³-hybridized carbons (Fsp3) is 0.238. The molecule has 5 nitrogen and oxygen atoms in total. The Hall–Kier alpha value is -2.70. The number of nitrogens with zero attached hydrogens (tertiary/aromatic N) is 4. The zero-order chi connectivity index (χ0) is 18.8. The van der Waals surface area contributed by atoms with Crippen LogP contribution in [0.25, 0.3) is 10.2 Å². The van der Waals surface area contributed by atoms with Crippen molar-refractivity contribution in [2.45, 2.75) is 19.0 Å². The normalized spacial score (nSPS) is 13.8. The topological polar surface area (TPSA) is 46.0 Å². The molecule has 0 aliphatic rings. The number of aromatic nitrogens is 3. The molecule has 2 atom stereocenters. The van der Waals surface area contributed by atoms with Crippen molar-refractivity contribution >= 4 is 32.4 Å². The number of rotatable bonds is 6. The SMILES string of the molecule is C[C@@H]([C@H](c1ccc(Nc2nc3ccccc3s2)cc1)n1ccnc1)N(C)C. The predicted octanol–water partition coefficient (Wildman–Crippen LogP) is 4.78. The quantitative estimate of drug-likeness (QED) is 0.525. The molecule has 0 bridgehead atoms. The summed E-state index contributed by atoms with van der Waals surface area (Å²) in [5.41, 5.74) is 3.32. The van der Waals surface area contributed by atoms with Crippen LogP contribution in [0, 0.1) is 0 Å². The molecular weight excluding hydrogens is 354 g/mol. The van der Waals surface area contributed by atoms with Gasteiger partial charge in [-0.25, -0.2) is 9.97 Å². The van der Waals surface area contributed by atoms with E-state index in [0.717, 1.165) is 16.3 Å². The third-order valence-corrected chi connectivity index (χ3v) is 5.87. The van der Waals surface area contributed by atoms with E-state index in [1.165, 1.54) is 10.3 Å². The lowest BCUT2D eigenvalue weighted by atomic mass is 9.99. The molecule has 0 radical (unpaired) electrons. The number of hydrogen-bond donors (Lipinski definition) is 1. The fourth-order valence-electron chi connectivity index (χ4n) is 3.23. The van der Waals surface area contributed by atoms with Crippen LogP contribution in [0.2, 0.25) is 0 Å². The van der Waals surface area contributed by atoms with E-state index < -0.39 is 0 Å². The first-order valence-electron chi connectivity index (χ1n) is 8.98. The van der Waals surface area contributed by atoms with Crippen molar-refractivity contribution in [1.82, 2.24) is 19.4 Å². The van der Waals surface area contributed by atoms with Crippen LogP contribution in [0.3, 0.4) is 0 Å². The molecule has 2 aromatic carbocycles. The Morgan fingerprint density at radius 3 is 2.52 bits per heavy atom. The first kappa shape index (κ1) is 17.7. The molecule has 6 heteroatoms. The number of para-hydroxylation sites is 1. The van der Waals surface area contributed by atoms with Crippen molar-refractivity contribution < 1.29 is 0 Å². The predicted molar refractivity (Wildman–Crippen MR) is 113 cm³/mol. The highest BCUT2D eigenvalue weighted by Gasteiger charge is 2.22. The molecule has 0 unspecified atom stereocenters. The standard InChI is InChI=1S/C21H23N5S/c1-15(25(2)3)20(26-13-12-22-14-26)16-8-10-17(11-9-16)23-21-24-18-6-4-5-7-19(18)27-21/h4-15,20H,1-3H3,(H,23,24)/t15-,20+/m0/s1. The first-order valence-corrected chi connectivity index (χ1v) is 9.80. The van der Waals surface area contributed by atoms with Gasteiger partial charge in [-0.15, -0.1) is 0 Å². The summed E-state index contributed by atoms with van der Waals surface area (Å²) in [7, 11) is 4.22. The number of benzene rings is 2. The summed E-state index contributed by atoms with van der Waals surface area (Å²) in [6.45, 7) is 2.23. The van der Waals surface area contributed by atoms with E-state index in [2.05, 4.69) is 76.1 Å². The van der Waals surface area contributed by atoms with Gasteiger partial charge in [0, 0.05) is 24.1 Å². The monoisotopic (exact) mass is 377 g/mol. The lowest BCUT2D eigenvalue weighted by Gasteiger charge is -2.30. The van der Waals surface area contributed by atoms with E-state index in [0.29, 0.717) is 6.04 Å². The fourth-order valence-corrected chi connectivity index (χ4v) is 4.11.